The first kappa shape index (κ1) is 36.3. The van der Waals surface area contributed by atoms with Crippen molar-refractivity contribution in [1.82, 2.24) is 0 Å². The van der Waals surface area contributed by atoms with Crippen molar-refractivity contribution in [3.05, 3.63) is 94.1 Å². The normalized spacial score (nSPS) is 11.1. The molecule has 0 aliphatic carbocycles. The van der Waals surface area contributed by atoms with E-state index >= 15 is 0 Å². The summed E-state index contributed by atoms with van der Waals surface area (Å²) in [5.74, 6) is -0.770. The van der Waals surface area contributed by atoms with Crippen molar-refractivity contribution in [2.75, 3.05) is 27.4 Å². The largest absolute Gasteiger partial charge is 0.504 e. The Kier molecular flexibility index (Phi) is 11.6. The minimum absolute atomic E-state index is 0.0285. The molecule has 14 heteroatoms. The van der Waals surface area contributed by atoms with E-state index in [4.69, 9.17) is 18.9 Å². The molecule has 0 saturated carbocycles. The third kappa shape index (κ3) is 8.47. The minimum atomic E-state index is -0.979. The van der Waals surface area contributed by atoms with Gasteiger partial charge in [0.2, 0.25) is 0 Å². The van der Waals surface area contributed by atoms with Gasteiger partial charge in [-0.3, -0.25) is 0 Å². The molecule has 0 fully saturated rings. The van der Waals surface area contributed by atoms with Crippen molar-refractivity contribution in [3.63, 3.8) is 0 Å². The lowest BCUT2D eigenvalue weighted by atomic mass is 9.95. The smallest absolute Gasteiger partial charge is 0.343 e. The number of aromatic hydroxyl groups is 6. The lowest BCUT2D eigenvalue weighted by Crippen LogP contribution is -2.10. The van der Waals surface area contributed by atoms with Crippen molar-refractivity contribution in [2.24, 2.45) is 0 Å². The standard InChI is InChI=1S/C36H32O14/c1-47-29-7-5-19(12-31(29)49-35(45)22-14-25(39)33(43)26(40)15-22)10-21(4-3-9-37)24(18-38)11-20-6-8-30(48-2)32(13-20)50-36(46)23-16-27(41)34(44)28(42)17-23/h5-8,12-17,37-44H,9-11,18H2,1-2H3/b24-21-. The molecule has 0 heterocycles. The fourth-order valence-corrected chi connectivity index (χ4v) is 4.70. The molecule has 0 unspecified atom stereocenters. The van der Waals surface area contributed by atoms with E-state index in [1.54, 1.807) is 12.1 Å². The molecule has 50 heavy (non-hydrogen) atoms. The van der Waals surface area contributed by atoms with Gasteiger partial charge in [0.05, 0.1) is 32.0 Å². The fourth-order valence-electron chi connectivity index (χ4n) is 4.70. The SMILES string of the molecule is COc1ccc(C/C(C#CCO)=C(\CO)Cc2ccc(OC)c(OC(=O)c3cc(O)c(O)c(O)c3)c2)cc1OC(=O)c1cc(O)c(O)c(O)c1. The number of rotatable bonds is 11. The monoisotopic (exact) mass is 688 g/mol. The Balaban J connectivity index is 1.64. The molecule has 0 aliphatic rings. The molecule has 8 N–H and O–H groups in total. The highest BCUT2D eigenvalue weighted by Crippen LogP contribution is 2.38. The minimum Gasteiger partial charge on any atom is -0.504 e. The first-order chi connectivity index (χ1) is 23.9. The second-order valence-electron chi connectivity index (χ2n) is 10.5. The van der Waals surface area contributed by atoms with Crippen LogP contribution in [0.25, 0.3) is 0 Å². The number of ether oxygens (including phenoxy) is 4. The maximum atomic E-state index is 12.8. The highest BCUT2D eigenvalue weighted by Gasteiger charge is 2.20. The maximum absolute atomic E-state index is 12.8. The van der Waals surface area contributed by atoms with E-state index in [2.05, 4.69) is 11.8 Å². The lowest BCUT2D eigenvalue weighted by Gasteiger charge is -2.15. The van der Waals surface area contributed by atoms with Crippen molar-refractivity contribution in [2.45, 2.75) is 12.8 Å². The molecule has 0 aliphatic heterocycles. The summed E-state index contributed by atoms with van der Waals surface area (Å²) >= 11 is 0. The summed E-state index contributed by atoms with van der Waals surface area (Å²) in [5.41, 5.74) is 1.40. The molecule has 0 radical (unpaired) electrons. The zero-order chi connectivity index (χ0) is 36.5. The van der Waals surface area contributed by atoms with Crippen LogP contribution in [-0.2, 0) is 12.8 Å². The second-order valence-corrected chi connectivity index (χ2v) is 10.5. The molecule has 4 rings (SSSR count). The van der Waals surface area contributed by atoms with E-state index in [0.717, 1.165) is 24.3 Å². The number of aliphatic hydroxyl groups excluding tert-OH is 2. The molecule has 4 aromatic carbocycles. The highest BCUT2D eigenvalue weighted by atomic mass is 16.6. The summed E-state index contributed by atoms with van der Waals surface area (Å²) in [4.78, 5) is 25.7. The van der Waals surface area contributed by atoms with Gasteiger partial charge in [-0.05, 0) is 71.7 Å². The Labute approximate surface area is 284 Å². The van der Waals surface area contributed by atoms with Gasteiger partial charge in [-0.25, -0.2) is 9.59 Å². The van der Waals surface area contributed by atoms with Gasteiger partial charge < -0.3 is 59.8 Å². The van der Waals surface area contributed by atoms with Gasteiger partial charge >= 0.3 is 11.9 Å². The molecule has 14 nitrogen and oxygen atoms in total. The Hall–Kier alpha value is -6.56. The van der Waals surface area contributed by atoms with Crippen LogP contribution in [0.5, 0.6) is 57.5 Å². The number of phenolic OH excluding ortho intramolecular Hbond substituents is 6. The maximum Gasteiger partial charge on any atom is 0.343 e. The van der Waals surface area contributed by atoms with Crippen molar-refractivity contribution in [3.8, 4) is 69.3 Å². The van der Waals surface area contributed by atoms with Crippen LogP contribution in [0.2, 0.25) is 0 Å². The third-order valence-electron chi connectivity index (χ3n) is 7.21. The van der Waals surface area contributed by atoms with Crippen LogP contribution in [0, 0.1) is 11.8 Å². The number of allylic oxidation sites excluding steroid dienone is 1. The lowest BCUT2D eigenvalue weighted by molar-refractivity contribution is 0.0719. The van der Waals surface area contributed by atoms with Gasteiger partial charge in [0.15, 0.2) is 57.5 Å². The Morgan fingerprint density at radius 1 is 0.600 bits per heavy atom. The average Bonchev–Trinajstić information content (AvgIpc) is 3.10. The van der Waals surface area contributed by atoms with Gasteiger partial charge in [0.1, 0.15) is 6.61 Å². The van der Waals surface area contributed by atoms with E-state index in [-0.39, 0.29) is 47.0 Å². The molecule has 0 amide bonds. The van der Waals surface area contributed by atoms with E-state index in [1.165, 1.54) is 38.5 Å². The molecule has 4 aromatic rings. The first-order valence-electron chi connectivity index (χ1n) is 14.6. The van der Waals surface area contributed by atoms with Crippen LogP contribution in [0.1, 0.15) is 31.8 Å². The summed E-state index contributed by atoms with van der Waals surface area (Å²) in [5, 5.41) is 78.2. The Morgan fingerprint density at radius 3 is 1.40 bits per heavy atom. The molecule has 260 valence electrons. The van der Waals surface area contributed by atoms with Gasteiger partial charge in [0.25, 0.3) is 0 Å². The quantitative estimate of drug-likeness (QED) is 0.0488. The molecular weight excluding hydrogens is 656 g/mol. The van der Waals surface area contributed by atoms with Crippen LogP contribution in [0.4, 0.5) is 0 Å². The molecular formula is C36H32O14. The predicted molar refractivity (Wildman–Crippen MR) is 175 cm³/mol. The third-order valence-corrected chi connectivity index (χ3v) is 7.21. The molecule has 0 saturated heterocycles. The molecule has 0 bridgehead atoms. The van der Waals surface area contributed by atoms with Gasteiger partial charge in [-0.2, -0.15) is 0 Å². The number of hydrogen-bond acceptors (Lipinski definition) is 14. The Bertz CT molecular complexity index is 1970. The zero-order valence-electron chi connectivity index (χ0n) is 26.6. The van der Waals surface area contributed by atoms with Crippen LogP contribution in [0.3, 0.4) is 0 Å². The zero-order valence-corrected chi connectivity index (χ0v) is 26.6. The van der Waals surface area contributed by atoms with E-state index < -0.39 is 59.6 Å². The van der Waals surface area contributed by atoms with Crippen molar-refractivity contribution < 1.29 is 69.4 Å². The topological polar surface area (TPSA) is 233 Å². The number of esters is 2. The number of methoxy groups -OCH3 is 2. The predicted octanol–water partition coefficient (Wildman–Crippen LogP) is 3.45. The van der Waals surface area contributed by atoms with Crippen LogP contribution in [-0.4, -0.2) is 80.2 Å². The summed E-state index contributed by atoms with van der Waals surface area (Å²) in [6, 6.07) is 13.0. The number of aliphatic hydroxyl groups is 2. The molecule has 0 atom stereocenters. The molecule has 0 aromatic heterocycles. The first-order valence-corrected chi connectivity index (χ1v) is 14.6. The Morgan fingerprint density at radius 2 is 1.02 bits per heavy atom. The van der Waals surface area contributed by atoms with E-state index in [1.807, 2.05) is 0 Å². The van der Waals surface area contributed by atoms with Crippen LogP contribution >= 0.6 is 0 Å². The number of benzene rings is 4. The number of carbonyl (C=O) groups excluding carboxylic acids is 2. The average molecular weight is 689 g/mol. The van der Waals surface area contributed by atoms with Gasteiger partial charge in [-0.1, -0.05) is 24.0 Å². The second kappa shape index (κ2) is 16.0. The highest BCUT2D eigenvalue weighted by molar-refractivity contribution is 5.93. The fraction of sp³-hybridized carbons (Fsp3) is 0.167. The van der Waals surface area contributed by atoms with E-state index in [0.29, 0.717) is 22.3 Å². The van der Waals surface area contributed by atoms with Gasteiger partial charge in [-0.15, -0.1) is 0 Å². The summed E-state index contributed by atoms with van der Waals surface area (Å²) in [7, 11) is 2.70. The number of hydrogen-bond donors (Lipinski definition) is 8. The van der Waals surface area contributed by atoms with Crippen molar-refractivity contribution in [1.29, 1.82) is 0 Å². The van der Waals surface area contributed by atoms with Crippen molar-refractivity contribution >= 4 is 11.9 Å². The summed E-state index contributed by atoms with van der Waals surface area (Å²) in [6.07, 6.45) is 0.178. The van der Waals surface area contributed by atoms with Crippen LogP contribution < -0.4 is 18.9 Å². The summed E-state index contributed by atoms with van der Waals surface area (Å²) in [6.45, 7) is -0.945. The van der Waals surface area contributed by atoms with E-state index in [9.17, 15) is 50.4 Å². The van der Waals surface area contributed by atoms with Crippen LogP contribution in [0.15, 0.2) is 71.8 Å². The summed E-state index contributed by atoms with van der Waals surface area (Å²) < 4.78 is 21.6. The number of carbonyl (C=O) groups is 2. The van der Waals surface area contributed by atoms with Gasteiger partial charge in [0, 0.05) is 12.0 Å². The number of phenols is 6. The molecule has 0 spiro atoms.